The predicted molar refractivity (Wildman–Crippen MR) is 86.6 cm³/mol. The van der Waals surface area contributed by atoms with Gasteiger partial charge in [0.05, 0.1) is 6.61 Å². The average Bonchev–Trinajstić information content (AvgIpc) is 2.61. The number of carbonyl (C=O) groups excluding carboxylic acids is 1. The molecule has 2 rings (SSSR count). The highest BCUT2D eigenvalue weighted by atomic mass is 35.5. The number of halogens is 1. The van der Waals surface area contributed by atoms with E-state index in [-0.39, 0.29) is 18.5 Å². The summed E-state index contributed by atoms with van der Waals surface area (Å²) in [6.07, 6.45) is -2.06. The summed E-state index contributed by atoms with van der Waals surface area (Å²) in [5.74, 6) is 0.249. The van der Waals surface area contributed by atoms with Gasteiger partial charge < -0.3 is 30.5 Å². The molecule has 0 spiro atoms. The van der Waals surface area contributed by atoms with Gasteiger partial charge in [-0.3, -0.25) is 4.90 Å². The Morgan fingerprint density at radius 2 is 1.79 bits per heavy atom. The molecular formula is C15H27ClN2O6. The summed E-state index contributed by atoms with van der Waals surface area (Å²) in [5, 5.41) is 42.3. The van der Waals surface area contributed by atoms with Crippen molar-refractivity contribution in [3.8, 4) is 0 Å². The average molecular weight is 367 g/mol. The van der Waals surface area contributed by atoms with E-state index in [0.29, 0.717) is 0 Å². The second-order valence-electron chi connectivity index (χ2n) is 6.34. The minimum absolute atomic E-state index is 0.143. The fraction of sp³-hybridized carbons (Fsp3) is 0.933. The SMILES string of the molecule is O=C(NCCCl)N(C1CCCCC1)[C@@H]1O[C@H](CO)[C@H](O)[C@H](O)[C@H]1O. The Morgan fingerprint density at radius 3 is 2.38 bits per heavy atom. The summed E-state index contributed by atoms with van der Waals surface area (Å²) in [6, 6.07) is -0.581. The molecule has 24 heavy (non-hydrogen) atoms. The van der Waals surface area contributed by atoms with E-state index in [1.54, 1.807) is 0 Å². The van der Waals surface area contributed by atoms with Crippen LogP contribution in [0.1, 0.15) is 32.1 Å². The van der Waals surface area contributed by atoms with Crippen LogP contribution in [0.2, 0.25) is 0 Å². The second-order valence-corrected chi connectivity index (χ2v) is 6.72. The Bertz CT molecular complexity index is 407. The van der Waals surface area contributed by atoms with E-state index < -0.39 is 43.3 Å². The zero-order chi connectivity index (χ0) is 17.7. The van der Waals surface area contributed by atoms with Gasteiger partial charge in [-0.05, 0) is 12.8 Å². The Labute approximate surface area is 146 Å². The number of ether oxygens (including phenoxy) is 1. The molecule has 5 N–H and O–H groups in total. The van der Waals surface area contributed by atoms with Gasteiger partial charge in [0.25, 0.3) is 0 Å². The molecule has 1 heterocycles. The van der Waals surface area contributed by atoms with Gasteiger partial charge in [-0.1, -0.05) is 19.3 Å². The van der Waals surface area contributed by atoms with Crippen molar-refractivity contribution in [2.45, 2.75) is 68.8 Å². The third kappa shape index (κ3) is 4.30. The topological polar surface area (TPSA) is 122 Å². The van der Waals surface area contributed by atoms with Crippen LogP contribution in [0.5, 0.6) is 0 Å². The number of alkyl halides is 1. The van der Waals surface area contributed by atoms with E-state index in [1.165, 1.54) is 4.90 Å². The van der Waals surface area contributed by atoms with E-state index in [2.05, 4.69) is 5.32 Å². The van der Waals surface area contributed by atoms with Crippen molar-refractivity contribution >= 4 is 17.6 Å². The van der Waals surface area contributed by atoms with Gasteiger partial charge in [-0.2, -0.15) is 0 Å². The van der Waals surface area contributed by atoms with Gasteiger partial charge in [-0.15, -0.1) is 11.6 Å². The number of aliphatic hydroxyl groups excluding tert-OH is 4. The maximum Gasteiger partial charge on any atom is 0.319 e. The minimum atomic E-state index is -1.51. The van der Waals surface area contributed by atoms with Crippen molar-refractivity contribution in [1.29, 1.82) is 0 Å². The van der Waals surface area contributed by atoms with Crippen molar-refractivity contribution in [2.75, 3.05) is 19.0 Å². The van der Waals surface area contributed by atoms with E-state index in [0.717, 1.165) is 32.1 Å². The molecule has 5 atom stereocenters. The summed E-state index contributed by atoms with van der Waals surface area (Å²) in [6.45, 7) is -0.260. The van der Waals surface area contributed by atoms with Gasteiger partial charge in [0.15, 0.2) is 6.23 Å². The van der Waals surface area contributed by atoms with Gasteiger partial charge in [0, 0.05) is 18.5 Å². The lowest BCUT2D eigenvalue weighted by molar-refractivity contribution is -0.262. The summed E-state index contributed by atoms with van der Waals surface area (Å²) in [7, 11) is 0. The Kier molecular flexibility index (Phi) is 7.52. The fourth-order valence-corrected chi connectivity index (χ4v) is 3.50. The first kappa shape index (κ1) is 19.7. The molecule has 2 fully saturated rings. The number of urea groups is 1. The Hall–Kier alpha value is -0.640. The summed E-state index contributed by atoms with van der Waals surface area (Å²) in [4.78, 5) is 14.0. The first-order valence-corrected chi connectivity index (χ1v) is 8.97. The number of aliphatic hydroxyl groups is 4. The molecule has 0 bridgehead atoms. The van der Waals surface area contributed by atoms with Crippen molar-refractivity contribution in [3.63, 3.8) is 0 Å². The van der Waals surface area contributed by atoms with Gasteiger partial charge in [0.1, 0.15) is 24.4 Å². The van der Waals surface area contributed by atoms with Crippen LogP contribution < -0.4 is 5.32 Å². The lowest BCUT2D eigenvalue weighted by Crippen LogP contribution is -2.66. The van der Waals surface area contributed by atoms with Crippen LogP contribution in [0, 0.1) is 0 Å². The Morgan fingerprint density at radius 1 is 1.12 bits per heavy atom. The van der Waals surface area contributed by atoms with Crippen LogP contribution in [-0.4, -0.2) is 87.1 Å². The highest BCUT2D eigenvalue weighted by Crippen LogP contribution is 2.30. The monoisotopic (exact) mass is 366 g/mol. The molecule has 1 saturated heterocycles. The smallest absolute Gasteiger partial charge is 0.319 e. The van der Waals surface area contributed by atoms with E-state index >= 15 is 0 Å². The standard InChI is InChI=1S/C15H27ClN2O6/c16-6-7-17-15(23)18(9-4-2-1-3-5-9)14-13(22)12(21)11(20)10(8-19)24-14/h9-14,19-22H,1-8H2,(H,17,23)/t10-,11+,12+,13-,14-/m1/s1. The predicted octanol–water partition coefficient (Wildman–Crippen LogP) is -0.631. The first-order valence-electron chi connectivity index (χ1n) is 8.44. The molecule has 0 aromatic rings. The van der Waals surface area contributed by atoms with Crippen molar-refractivity contribution < 1.29 is 30.0 Å². The van der Waals surface area contributed by atoms with Crippen molar-refractivity contribution in [2.24, 2.45) is 0 Å². The summed E-state index contributed by atoms with van der Waals surface area (Å²) >= 11 is 5.62. The molecule has 0 aromatic heterocycles. The van der Waals surface area contributed by atoms with Crippen LogP contribution in [0.15, 0.2) is 0 Å². The molecule has 0 radical (unpaired) electrons. The lowest BCUT2D eigenvalue weighted by atomic mass is 9.92. The van der Waals surface area contributed by atoms with Crippen molar-refractivity contribution in [3.05, 3.63) is 0 Å². The highest BCUT2D eigenvalue weighted by molar-refractivity contribution is 6.18. The molecule has 2 aliphatic rings. The number of hydrogen-bond donors (Lipinski definition) is 5. The van der Waals surface area contributed by atoms with E-state index in [1.807, 2.05) is 0 Å². The van der Waals surface area contributed by atoms with Crippen molar-refractivity contribution in [1.82, 2.24) is 10.2 Å². The van der Waals surface area contributed by atoms with Crippen LogP contribution >= 0.6 is 11.6 Å². The number of nitrogens with one attached hydrogen (secondary N) is 1. The number of nitrogens with zero attached hydrogens (tertiary/aromatic N) is 1. The molecule has 0 aromatic carbocycles. The van der Waals surface area contributed by atoms with Crippen LogP contribution in [0.25, 0.3) is 0 Å². The van der Waals surface area contributed by atoms with Crippen LogP contribution in [0.3, 0.4) is 0 Å². The summed E-state index contributed by atoms with van der Waals surface area (Å²) < 4.78 is 5.57. The zero-order valence-corrected chi connectivity index (χ0v) is 14.3. The molecule has 140 valence electrons. The zero-order valence-electron chi connectivity index (χ0n) is 13.6. The molecule has 8 nitrogen and oxygen atoms in total. The molecular weight excluding hydrogens is 340 g/mol. The number of rotatable bonds is 5. The molecule has 2 amide bonds. The van der Waals surface area contributed by atoms with Crippen LogP contribution in [0.4, 0.5) is 4.79 Å². The lowest BCUT2D eigenvalue weighted by Gasteiger charge is -2.47. The Balaban J connectivity index is 2.21. The largest absolute Gasteiger partial charge is 0.394 e. The molecule has 1 aliphatic carbocycles. The van der Waals surface area contributed by atoms with E-state index in [9.17, 15) is 25.2 Å². The first-order chi connectivity index (χ1) is 11.5. The molecule has 1 saturated carbocycles. The third-order valence-electron chi connectivity index (χ3n) is 4.71. The quantitative estimate of drug-likeness (QED) is 0.413. The molecule has 9 heteroatoms. The maximum atomic E-state index is 12.6. The van der Waals surface area contributed by atoms with Gasteiger partial charge >= 0.3 is 6.03 Å². The fourth-order valence-electron chi connectivity index (χ4n) is 3.41. The number of hydrogen-bond acceptors (Lipinski definition) is 6. The van der Waals surface area contributed by atoms with Gasteiger partial charge in [0.2, 0.25) is 0 Å². The van der Waals surface area contributed by atoms with Gasteiger partial charge in [-0.25, -0.2) is 4.79 Å². The van der Waals surface area contributed by atoms with Crippen LogP contribution in [-0.2, 0) is 4.74 Å². The maximum absolute atomic E-state index is 12.6. The second kappa shape index (κ2) is 9.17. The number of carbonyl (C=O) groups is 1. The normalized spacial score (nSPS) is 34.8. The highest BCUT2D eigenvalue weighted by Gasteiger charge is 2.48. The molecule has 1 aliphatic heterocycles. The molecule has 0 unspecified atom stereocenters. The van der Waals surface area contributed by atoms with E-state index in [4.69, 9.17) is 16.3 Å². The summed E-state index contributed by atoms with van der Waals surface area (Å²) in [5.41, 5.74) is 0. The minimum Gasteiger partial charge on any atom is -0.394 e. The third-order valence-corrected chi connectivity index (χ3v) is 4.90. The number of amides is 2.